The zero-order chi connectivity index (χ0) is 14.6. The largest absolute Gasteiger partial charge is 0.378 e. The molecule has 124 valence electrons. The van der Waals surface area contributed by atoms with Gasteiger partial charge in [-0.25, -0.2) is 0 Å². The molecule has 1 amide bonds. The second-order valence-electron chi connectivity index (χ2n) is 6.96. The lowest BCUT2D eigenvalue weighted by Crippen LogP contribution is -2.62. The Labute approximate surface area is 135 Å². The fourth-order valence-electron chi connectivity index (χ4n) is 2.74. The Kier molecular flexibility index (Phi) is 7.45. The van der Waals surface area contributed by atoms with Gasteiger partial charge in [-0.05, 0) is 38.1 Å². The molecule has 2 aliphatic carbocycles. The van der Waals surface area contributed by atoms with Crippen LogP contribution in [-0.4, -0.2) is 37.7 Å². The van der Waals surface area contributed by atoms with Crippen molar-refractivity contribution in [1.29, 1.82) is 0 Å². The molecule has 2 N–H and O–H groups in total. The molecule has 0 aromatic rings. The number of carbonyl (C=O) groups excluding carboxylic acids is 1. The van der Waals surface area contributed by atoms with Gasteiger partial charge in [-0.3, -0.25) is 4.79 Å². The van der Waals surface area contributed by atoms with Gasteiger partial charge in [-0.2, -0.15) is 0 Å². The van der Waals surface area contributed by atoms with E-state index in [0.29, 0.717) is 12.6 Å². The lowest BCUT2D eigenvalue weighted by molar-refractivity contribution is -0.137. The summed E-state index contributed by atoms with van der Waals surface area (Å²) in [5, 5.41) is 6.38. The van der Waals surface area contributed by atoms with Crippen molar-refractivity contribution < 1.29 is 9.53 Å². The van der Waals surface area contributed by atoms with E-state index >= 15 is 0 Å². The molecular formula is C16H31ClN2O2. The maximum atomic E-state index is 11.9. The topological polar surface area (TPSA) is 50.4 Å². The first-order chi connectivity index (χ1) is 9.54. The van der Waals surface area contributed by atoms with Crippen LogP contribution in [-0.2, 0) is 9.53 Å². The fraction of sp³-hybridized carbons (Fsp3) is 0.938. The highest BCUT2D eigenvalue weighted by atomic mass is 35.5. The second kappa shape index (κ2) is 8.35. The summed E-state index contributed by atoms with van der Waals surface area (Å²) in [4.78, 5) is 11.9. The van der Waals surface area contributed by atoms with Crippen LogP contribution in [0.3, 0.4) is 0 Å². The van der Waals surface area contributed by atoms with Crippen LogP contribution in [0.15, 0.2) is 0 Å². The number of rotatable bonds is 9. The zero-order valence-electron chi connectivity index (χ0n) is 13.6. The molecule has 5 heteroatoms. The van der Waals surface area contributed by atoms with E-state index in [9.17, 15) is 4.79 Å². The first-order valence-corrected chi connectivity index (χ1v) is 8.15. The van der Waals surface area contributed by atoms with Crippen molar-refractivity contribution in [2.24, 2.45) is 11.3 Å². The van der Waals surface area contributed by atoms with Gasteiger partial charge in [-0.1, -0.05) is 27.2 Å². The quantitative estimate of drug-likeness (QED) is 0.642. The number of ether oxygens (including phenoxy) is 1. The van der Waals surface area contributed by atoms with Crippen LogP contribution < -0.4 is 10.6 Å². The van der Waals surface area contributed by atoms with E-state index in [0.717, 1.165) is 31.9 Å². The minimum atomic E-state index is 0. The molecule has 0 aromatic carbocycles. The van der Waals surface area contributed by atoms with Crippen molar-refractivity contribution in [3.63, 3.8) is 0 Å². The molecule has 0 aliphatic heterocycles. The molecule has 0 heterocycles. The van der Waals surface area contributed by atoms with E-state index in [1.54, 1.807) is 0 Å². The summed E-state index contributed by atoms with van der Waals surface area (Å²) in [6.45, 7) is 8.83. The molecule has 2 rings (SSSR count). The molecule has 2 saturated carbocycles. The van der Waals surface area contributed by atoms with Crippen molar-refractivity contribution >= 4 is 18.3 Å². The Morgan fingerprint density at radius 1 is 1.33 bits per heavy atom. The van der Waals surface area contributed by atoms with Crippen molar-refractivity contribution in [3.8, 4) is 0 Å². The second-order valence-corrected chi connectivity index (χ2v) is 6.96. The zero-order valence-corrected chi connectivity index (χ0v) is 14.4. The van der Waals surface area contributed by atoms with Crippen molar-refractivity contribution in [2.45, 2.75) is 65.0 Å². The minimum absolute atomic E-state index is 0. The van der Waals surface area contributed by atoms with Gasteiger partial charge in [0.2, 0.25) is 5.91 Å². The predicted octanol–water partition coefficient (Wildman–Crippen LogP) is 2.51. The van der Waals surface area contributed by atoms with Crippen LogP contribution in [0.5, 0.6) is 0 Å². The molecule has 0 aromatic heterocycles. The number of halogens is 1. The van der Waals surface area contributed by atoms with E-state index in [4.69, 9.17) is 4.74 Å². The average molecular weight is 319 g/mol. The third kappa shape index (κ3) is 5.42. The smallest absolute Gasteiger partial charge is 0.234 e. The van der Waals surface area contributed by atoms with E-state index in [1.165, 1.54) is 19.3 Å². The summed E-state index contributed by atoms with van der Waals surface area (Å²) in [7, 11) is 0. The highest BCUT2D eigenvalue weighted by molar-refractivity contribution is 5.85. The summed E-state index contributed by atoms with van der Waals surface area (Å²) >= 11 is 0. The highest BCUT2D eigenvalue weighted by Crippen LogP contribution is 2.42. The first kappa shape index (κ1) is 18.7. The van der Waals surface area contributed by atoms with Crippen LogP contribution in [0.2, 0.25) is 0 Å². The molecular weight excluding hydrogens is 288 g/mol. The number of carbonyl (C=O) groups is 1. The summed E-state index contributed by atoms with van der Waals surface area (Å²) in [5.74, 6) is 0.940. The molecule has 2 fully saturated rings. The number of hydrogen-bond acceptors (Lipinski definition) is 3. The first-order valence-electron chi connectivity index (χ1n) is 8.15. The van der Waals surface area contributed by atoms with Crippen molar-refractivity contribution in [3.05, 3.63) is 0 Å². The molecule has 0 saturated heterocycles. The number of hydrogen-bond donors (Lipinski definition) is 2. The number of amides is 1. The Bertz CT molecular complexity index is 332. The van der Waals surface area contributed by atoms with Gasteiger partial charge >= 0.3 is 0 Å². The Balaban J connectivity index is 0.00000220. The summed E-state index contributed by atoms with van der Waals surface area (Å²) in [6, 6.07) is 0.254. The van der Waals surface area contributed by atoms with Gasteiger partial charge in [0, 0.05) is 18.1 Å². The van der Waals surface area contributed by atoms with Gasteiger partial charge < -0.3 is 15.4 Å². The van der Waals surface area contributed by atoms with Gasteiger partial charge in [-0.15, -0.1) is 12.4 Å². The van der Waals surface area contributed by atoms with Crippen molar-refractivity contribution in [2.75, 3.05) is 19.7 Å². The third-order valence-electron chi connectivity index (χ3n) is 4.75. The van der Waals surface area contributed by atoms with Gasteiger partial charge in [0.25, 0.3) is 0 Å². The monoisotopic (exact) mass is 318 g/mol. The fourth-order valence-corrected chi connectivity index (χ4v) is 2.74. The van der Waals surface area contributed by atoms with Gasteiger partial charge in [0.15, 0.2) is 0 Å². The van der Waals surface area contributed by atoms with E-state index in [-0.39, 0.29) is 29.8 Å². The SMILES string of the molecule is CCCCOC1CC(NC(=O)CNCC2CC2)C1(C)C.Cl. The molecule has 2 aliphatic rings. The highest BCUT2D eigenvalue weighted by Gasteiger charge is 2.49. The van der Waals surface area contributed by atoms with E-state index < -0.39 is 0 Å². The number of unbranched alkanes of at least 4 members (excludes halogenated alkanes) is 1. The maximum absolute atomic E-state index is 11.9. The van der Waals surface area contributed by atoms with Crippen LogP contribution in [0, 0.1) is 11.3 Å². The molecule has 21 heavy (non-hydrogen) atoms. The van der Waals surface area contributed by atoms with Crippen molar-refractivity contribution in [1.82, 2.24) is 10.6 Å². The molecule has 2 unspecified atom stereocenters. The lowest BCUT2D eigenvalue weighted by atomic mass is 9.64. The van der Waals surface area contributed by atoms with Crippen LogP contribution in [0.4, 0.5) is 0 Å². The van der Waals surface area contributed by atoms with Gasteiger partial charge in [0.05, 0.1) is 12.6 Å². The number of nitrogens with one attached hydrogen (secondary N) is 2. The third-order valence-corrected chi connectivity index (χ3v) is 4.75. The molecule has 0 radical (unpaired) electrons. The van der Waals surface area contributed by atoms with E-state index in [2.05, 4.69) is 31.4 Å². The Hall–Kier alpha value is -0.320. The Morgan fingerprint density at radius 3 is 2.62 bits per heavy atom. The molecule has 4 nitrogen and oxygen atoms in total. The standard InChI is InChI=1S/C16H30N2O2.ClH/c1-4-5-8-20-14-9-13(16(14,2)3)18-15(19)11-17-10-12-6-7-12;/h12-14,17H,4-11H2,1-3H3,(H,18,19);1H. The Morgan fingerprint density at radius 2 is 2.05 bits per heavy atom. The maximum Gasteiger partial charge on any atom is 0.234 e. The lowest BCUT2D eigenvalue weighted by Gasteiger charge is -2.51. The molecule has 0 bridgehead atoms. The van der Waals surface area contributed by atoms with Crippen LogP contribution >= 0.6 is 12.4 Å². The molecule has 2 atom stereocenters. The minimum Gasteiger partial charge on any atom is -0.378 e. The summed E-state index contributed by atoms with van der Waals surface area (Å²) in [5.41, 5.74) is 0.0555. The summed E-state index contributed by atoms with van der Waals surface area (Å²) in [6.07, 6.45) is 6.17. The molecule has 0 spiro atoms. The predicted molar refractivity (Wildman–Crippen MR) is 87.8 cm³/mol. The normalized spacial score (nSPS) is 26.6. The van der Waals surface area contributed by atoms with Crippen LogP contribution in [0.1, 0.15) is 52.9 Å². The average Bonchev–Trinajstić information content (AvgIpc) is 3.21. The van der Waals surface area contributed by atoms with Crippen LogP contribution in [0.25, 0.3) is 0 Å². The van der Waals surface area contributed by atoms with Gasteiger partial charge in [0.1, 0.15) is 0 Å². The van der Waals surface area contributed by atoms with E-state index in [1.807, 2.05) is 0 Å². The summed E-state index contributed by atoms with van der Waals surface area (Å²) < 4.78 is 5.90.